The first kappa shape index (κ1) is 24.3. The number of nitrogens with zero attached hydrogens (tertiary/aromatic N) is 2. The highest BCUT2D eigenvalue weighted by Gasteiger charge is 2.46. The number of ether oxygens (including phenoxy) is 2. The van der Waals surface area contributed by atoms with E-state index in [0.717, 1.165) is 25.7 Å². The molecule has 3 atom stereocenters. The van der Waals surface area contributed by atoms with Crippen LogP contribution in [0.3, 0.4) is 0 Å². The molecule has 0 spiro atoms. The largest absolute Gasteiger partial charge is 0.488 e. The number of carbonyl (C=O) groups excluding carboxylic acids is 2. The van der Waals surface area contributed by atoms with Gasteiger partial charge in [-0.1, -0.05) is 20.8 Å². The Kier molecular flexibility index (Phi) is 7.63. The van der Waals surface area contributed by atoms with Gasteiger partial charge in [0.1, 0.15) is 34.6 Å². The summed E-state index contributed by atoms with van der Waals surface area (Å²) in [5, 5.41) is 12.4. The van der Waals surface area contributed by atoms with Crippen molar-refractivity contribution in [2.24, 2.45) is 5.41 Å². The second kappa shape index (κ2) is 10.1. The number of aliphatic carboxylic acids is 1. The van der Waals surface area contributed by atoms with Gasteiger partial charge < -0.3 is 24.8 Å². The van der Waals surface area contributed by atoms with Crippen molar-refractivity contribution in [3.05, 3.63) is 22.9 Å². The fourth-order valence-electron chi connectivity index (χ4n) is 4.13. The average molecular weight is 512 g/mol. The molecule has 2 fully saturated rings. The Labute approximate surface area is 196 Å². The number of carbonyl (C=O) groups is 3. The highest BCUT2D eigenvalue weighted by atomic mass is 79.9. The van der Waals surface area contributed by atoms with Gasteiger partial charge in [-0.25, -0.2) is 14.6 Å². The van der Waals surface area contributed by atoms with E-state index < -0.39 is 41.6 Å². The number of halogens is 1. The van der Waals surface area contributed by atoms with Crippen LogP contribution in [-0.4, -0.2) is 63.8 Å². The molecule has 2 unspecified atom stereocenters. The summed E-state index contributed by atoms with van der Waals surface area (Å²) in [6, 6.07) is 1.37. The van der Waals surface area contributed by atoms with E-state index in [-0.39, 0.29) is 19.1 Å². The Balaban J connectivity index is 1.72. The molecule has 2 aliphatic rings. The molecular formula is C22H30BrN3O6. The molecule has 1 aliphatic heterocycles. The van der Waals surface area contributed by atoms with Crippen LogP contribution < -0.4 is 10.1 Å². The van der Waals surface area contributed by atoms with Crippen molar-refractivity contribution in [1.29, 1.82) is 0 Å². The Morgan fingerprint density at radius 2 is 1.94 bits per heavy atom. The van der Waals surface area contributed by atoms with Crippen LogP contribution in [0.4, 0.5) is 4.79 Å². The number of hydrogen-bond acceptors (Lipinski definition) is 6. The summed E-state index contributed by atoms with van der Waals surface area (Å²) in [4.78, 5) is 43.2. The lowest BCUT2D eigenvalue weighted by molar-refractivity contribution is -0.150. The maximum absolute atomic E-state index is 13.5. The predicted octanol–water partition coefficient (Wildman–Crippen LogP) is 3.36. The van der Waals surface area contributed by atoms with E-state index in [9.17, 15) is 19.5 Å². The van der Waals surface area contributed by atoms with Gasteiger partial charge in [-0.2, -0.15) is 0 Å². The van der Waals surface area contributed by atoms with E-state index in [4.69, 9.17) is 9.47 Å². The van der Waals surface area contributed by atoms with Crippen molar-refractivity contribution in [3.8, 4) is 5.75 Å². The van der Waals surface area contributed by atoms with Crippen LogP contribution in [0.1, 0.15) is 52.9 Å². The molecule has 0 bridgehead atoms. The first-order chi connectivity index (χ1) is 15.0. The predicted molar refractivity (Wildman–Crippen MR) is 119 cm³/mol. The topological polar surface area (TPSA) is 118 Å². The van der Waals surface area contributed by atoms with Crippen molar-refractivity contribution >= 4 is 33.9 Å². The molecule has 0 radical (unpaired) electrons. The first-order valence-corrected chi connectivity index (χ1v) is 11.6. The van der Waals surface area contributed by atoms with Gasteiger partial charge in [0.25, 0.3) is 0 Å². The highest BCUT2D eigenvalue weighted by Crippen LogP contribution is 2.29. The molecule has 0 aromatic carbocycles. The minimum atomic E-state index is -1.11. The normalized spacial score (nSPS) is 22.4. The van der Waals surface area contributed by atoms with Crippen molar-refractivity contribution in [1.82, 2.24) is 15.2 Å². The zero-order valence-electron chi connectivity index (χ0n) is 18.5. The molecule has 9 nitrogen and oxygen atoms in total. The SMILES string of the molecule is CC(C)(C)C(NC(=O)OC1CCCC1)C(=O)N1C[C@H](Oc2ccnc(Br)c2)CC1C(=O)O. The van der Waals surface area contributed by atoms with Gasteiger partial charge in [0.15, 0.2) is 0 Å². The number of hydrogen-bond donors (Lipinski definition) is 2. The monoisotopic (exact) mass is 511 g/mol. The Morgan fingerprint density at radius 1 is 1.25 bits per heavy atom. The van der Waals surface area contributed by atoms with Crippen molar-refractivity contribution in [2.45, 2.75) is 77.2 Å². The third-order valence-corrected chi connectivity index (χ3v) is 6.22. The molecule has 2 N–H and O–H groups in total. The molecule has 1 aromatic rings. The highest BCUT2D eigenvalue weighted by molar-refractivity contribution is 9.10. The Hall–Kier alpha value is -2.36. The minimum Gasteiger partial charge on any atom is -0.488 e. The van der Waals surface area contributed by atoms with Gasteiger partial charge in [0, 0.05) is 18.7 Å². The van der Waals surface area contributed by atoms with E-state index in [0.29, 0.717) is 10.4 Å². The van der Waals surface area contributed by atoms with Crippen LogP contribution in [0.2, 0.25) is 0 Å². The van der Waals surface area contributed by atoms with Gasteiger partial charge in [-0.15, -0.1) is 0 Å². The fourth-order valence-corrected chi connectivity index (χ4v) is 4.48. The summed E-state index contributed by atoms with van der Waals surface area (Å²) in [7, 11) is 0. The van der Waals surface area contributed by atoms with Crippen LogP contribution in [0, 0.1) is 5.41 Å². The van der Waals surface area contributed by atoms with Crippen molar-refractivity contribution in [3.63, 3.8) is 0 Å². The van der Waals surface area contributed by atoms with Gasteiger partial charge in [0.2, 0.25) is 5.91 Å². The Morgan fingerprint density at radius 3 is 2.53 bits per heavy atom. The van der Waals surface area contributed by atoms with Crippen LogP contribution in [0.5, 0.6) is 5.75 Å². The van der Waals surface area contributed by atoms with Gasteiger partial charge in [-0.05, 0) is 53.1 Å². The third-order valence-electron chi connectivity index (χ3n) is 5.78. The smallest absolute Gasteiger partial charge is 0.408 e. The molecule has 32 heavy (non-hydrogen) atoms. The van der Waals surface area contributed by atoms with Gasteiger partial charge >= 0.3 is 12.1 Å². The lowest BCUT2D eigenvalue weighted by atomic mass is 9.85. The van der Waals surface area contributed by atoms with E-state index in [1.54, 1.807) is 18.3 Å². The third kappa shape index (κ3) is 6.11. The van der Waals surface area contributed by atoms with Crippen LogP contribution >= 0.6 is 15.9 Å². The molecular weight excluding hydrogens is 482 g/mol. The summed E-state index contributed by atoms with van der Waals surface area (Å²) in [5.41, 5.74) is -0.649. The molecule has 176 valence electrons. The molecule has 1 saturated heterocycles. The van der Waals surface area contributed by atoms with Crippen molar-refractivity contribution < 1.29 is 29.0 Å². The van der Waals surface area contributed by atoms with Gasteiger partial charge in [0.05, 0.1) is 6.54 Å². The molecule has 2 heterocycles. The first-order valence-electron chi connectivity index (χ1n) is 10.8. The minimum absolute atomic E-state index is 0.0989. The molecule has 3 rings (SSSR count). The quantitative estimate of drug-likeness (QED) is 0.562. The summed E-state index contributed by atoms with van der Waals surface area (Å²) in [5.74, 6) is -1.04. The number of alkyl carbamates (subject to hydrolysis) is 1. The Bertz CT molecular complexity index is 852. The zero-order valence-corrected chi connectivity index (χ0v) is 20.1. The molecule has 2 amide bonds. The second-order valence-corrected chi connectivity index (χ2v) is 10.2. The van der Waals surface area contributed by atoms with Crippen LogP contribution in [0.25, 0.3) is 0 Å². The van der Waals surface area contributed by atoms with Crippen LogP contribution in [-0.2, 0) is 14.3 Å². The molecule has 1 aromatic heterocycles. The average Bonchev–Trinajstić information content (AvgIpc) is 3.34. The fraction of sp³-hybridized carbons (Fsp3) is 0.636. The van der Waals surface area contributed by atoms with Crippen LogP contribution in [0.15, 0.2) is 22.9 Å². The molecule has 1 aliphatic carbocycles. The number of carboxylic acid groups (broad SMARTS) is 1. The summed E-state index contributed by atoms with van der Waals surface area (Å²) < 4.78 is 12.0. The van der Waals surface area contributed by atoms with E-state index in [2.05, 4.69) is 26.2 Å². The number of rotatable bonds is 6. The van der Waals surface area contributed by atoms with Gasteiger partial charge in [-0.3, -0.25) is 4.79 Å². The number of aromatic nitrogens is 1. The maximum atomic E-state index is 13.5. The zero-order chi connectivity index (χ0) is 23.5. The molecule has 1 saturated carbocycles. The lowest BCUT2D eigenvalue weighted by Crippen LogP contribution is -2.57. The summed E-state index contributed by atoms with van der Waals surface area (Å²) in [6.45, 7) is 5.56. The molecule has 10 heteroatoms. The van der Waals surface area contributed by atoms with E-state index in [1.807, 2.05) is 20.8 Å². The summed E-state index contributed by atoms with van der Waals surface area (Å²) in [6.07, 6.45) is 4.10. The number of nitrogens with one attached hydrogen (secondary N) is 1. The van der Waals surface area contributed by atoms with E-state index in [1.165, 1.54) is 4.90 Å². The maximum Gasteiger partial charge on any atom is 0.408 e. The number of carboxylic acids is 1. The number of likely N-dealkylation sites (tertiary alicyclic amines) is 1. The van der Waals surface area contributed by atoms with E-state index >= 15 is 0 Å². The number of pyridine rings is 1. The summed E-state index contributed by atoms with van der Waals surface area (Å²) >= 11 is 3.27. The standard InChI is InChI=1S/C22H30BrN3O6/c1-22(2,3)18(25-21(30)32-13-6-4-5-7-13)19(27)26-12-15(10-16(26)20(28)29)31-14-8-9-24-17(23)11-14/h8-9,11,13,15-16,18H,4-7,10,12H2,1-3H3,(H,25,30)(H,28,29)/t15-,16?,18?/m1/s1. The van der Waals surface area contributed by atoms with Crippen molar-refractivity contribution in [2.75, 3.05) is 6.54 Å². The lowest BCUT2D eigenvalue weighted by Gasteiger charge is -2.34. The number of amides is 2. The second-order valence-electron chi connectivity index (χ2n) is 9.39.